The number of nitrogens with one attached hydrogen (secondary N) is 1. The first-order valence-corrected chi connectivity index (χ1v) is 8.71. The summed E-state index contributed by atoms with van der Waals surface area (Å²) in [7, 11) is 0. The lowest BCUT2D eigenvalue weighted by Gasteiger charge is -2.28. The highest BCUT2D eigenvalue weighted by Crippen LogP contribution is 2.34. The first-order chi connectivity index (χ1) is 12.3. The third-order valence-corrected chi connectivity index (χ3v) is 4.71. The Balaban J connectivity index is 2.04. The van der Waals surface area contributed by atoms with Gasteiger partial charge in [-0.25, -0.2) is 4.39 Å². The van der Waals surface area contributed by atoms with Crippen molar-refractivity contribution in [1.82, 2.24) is 5.32 Å². The predicted molar refractivity (Wildman–Crippen MR) is 103 cm³/mol. The number of anilines is 1. The molecule has 1 aliphatic heterocycles. The Kier molecular flexibility index (Phi) is 5.08. The number of nitrogens with zero attached hydrogens (tertiary/aromatic N) is 1. The van der Waals surface area contributed by atoms with Crippen LogP contribution in [0.25, 0.3) is 6.08 Å². The van der Waals surface area contributed by atoms with Crippen LogP contribution >= 0.6 is 39.7 Å². The fraction of sp³-hybridized carbons (Fsp3) is 0. The first kappa shape index (κ1) is 18.5. The highest BCUT2D eigenvalue weighted by Gasteiger charge is 2.34. The van der Waals surface area contributed by atoms with Gasteiger partial charge in [-0.2, -0.15) is 0 Å². The Bertz CT molecular complexity index is 955. The normalized spacial score (nSPS) is 16.2. The maximum Gasteiger partial charge on any atom is 0.270 e. The van der Waals surface area contributed by atoms with Gasteiger partial charge >= 0.3 is 0 Å². The summed E-state index contributed by atoms with van der Waals surface area (Å²) < 4.78 is 13.4. The molecule has 2 aromatic rings. The van der Waals surface area contributed by atoms with Gasteiger partial charge in [-0.05, 0) is 76.2 Å². The number of rotatable bonds is 2. The largest absolute Gasteiger partial charge is 0.505 e. The van der Waals surface area contributed by atoms with Gasteiger partial charge in [0, 0.05) is 0 Å². The third-order valence-electron chi connectivity index (χ3n) is 3.54. The number of phenolic OH excluding ortho intramolecular Hbond substituents is 1. The van der Waals surface area contributed by atoms with Gasteiger partial charge in [0.1, 0.15) is 17.1 Å². The molecule has 26 heavy (non-hydrogen) atoms. The Morgan fingerprint density at radius 2 is 1.88 bits per heavy atom. The van der Waals surface area contributed by atoms with Gasteiger partial charge in [-0.3, -0.25) is 19.8 Å². The van der Waals surface area contributed by atoms with Crippen LogP contribution in [0.5, 0.6) is 5.75 Å². The van der Waals surface area contributed by atoms with Crippen molar-refractivity contribution < 1.29 is 19.1 Å². The van der Waals surface area contributed by atoms with E-state index in [1.165, 1.54) is 42.5 Å². The van der Waals surface area contributed by atoms with Crippen LogP contribution in [-0.2, 0) is 9.59 Å². The number of halogens is 3. The number of aromatic hydroxyl groups is 1. The zero-order valence-electron chi connectivity index (χ0n) is 12.8. The maximum absolute atomic E-state index is 13.1. The van der Waals surface area contributed by atoms with E-state index in [1.807, 2.05) is 0 Å². The molecule has 132 valence electrons. The first-order valence-electron chi connectivity index (χ1n) is 7.13. The predicted octanol–water partition coefficient (Wildman–Crippen LogP) is 3.78. The van der Waals surface area contributed by atoms with Crippen LogP contribution in [-0.4, -0.2) is 22.0 Å². The number of thiocarbonyl (C=S) groups is 1. The number of hydrogen-bond acceptors (Lipinski definition) is 4. The topological polar surface area (TPSA) is 69.6 Å². The van der Waals surface area contributed by atoms with Gasteiger partial charge in [0.15, 0.2) is 5.11 Å². The zero-order chi connectivity index (χ0) is 19.0. The van der Waals surface area contributed by atoms with Crippen molar-refractivity contribution in [2.75, 3.05) is 4.90 Å². The molecule has 1 heterocycles. The van der Waals surface area contributed by atoms with Crippen molar-refractivity contribution in [3.05, 3.63) is 62.8 Å². The number of phenols is 1. The molecule has 1 fully saturated rings. The zero-order valence-corrected chi connectivity index (χ0v) is 16.0. The Morgan fingerprint density at radius 3 is 2.50 bits per heavy atom. The standard InChI is InChI=1S/C17H9BrClFN2O3S/c18-12-6-8(7-13(19)14(12)23)5-11-15(24)21-17(26)22(16(11)25)10-3-1-9(20)2-4-10/h1-7,23H,(H,21,24,26)/b11-5+. The molecule has 0 radical (unpaired) electrons. The van der Waals surface area contributed by atoms with Crippen LogP contribution < -0.4 is 10.2 Å². The molecule has 0 unspecified atom stereocenters. The lowest BCUT2D eigenvalue weighted by atomic mass is 10.1. The molecule has 9 heteroatoms. The van der Waals surface area contributed by atoms with E-state index in [0.717, 1.165) is 4.90 Å². The van der Waals surface area contributed by atoms with Gasteiger partial charge < -0.3 is 5.11 Å². The second-order valence-electron chi connectivity index (χ2n) is 5.27. The van der Waals surface area contributed by atoms with Crippen molar-refractivity contribution in [3.8, 4) is 5.75 Å². The number of carbonyl (C=O) groups excluding carboxylic acids is 2. The van der Waals surface area contributed by atoms with E-state index in [2.05, 4.69) is 21.2 Å². The van der Waals surface area contributed by atoms with Crippen molar-refractivity contribution in [2.24, 2.45) is 0 Å². The molecule has 0 aliphatic carbocycles. The summed E-state index contributed by atoms with van der Waals surface area (Å²) in [5, 5.41) is 12.1. The quantitative estimate of drug-likeness (QED) is 0.411. The summed E-state index contributed by atoms with van der Waals surface area (Å²) in [5.74, 6) is -1.95. The molecule has 0 saturated carbocycles. The van der Waals surface area contributed by atoms with Gasteiger partial charge in [0.05, 0.1) is 15.2 Å². The van der Waals surface area contributed by atoms with E-state index in [1.54, 1.807) is 0 Å². The smallest absolute Gasteiger partial charge is 0.270 e. The third kappa shape index (κ3) is 3.48. The molecular formula is C17H9BrClFN2O3S. The summed E-state index contributed by atoms with van der Waals surface area (Å²) in [5.41, 5.74) is 0.554. The number of carbonyl (C=O) groups is 2. The average Bonchev–Trinajstić information content (AvgIpc) is 2.58. The summed E-state index contributed by atoms with van der Waals surface area (Å²) in [6.07, 6.45) is 1.33. The molecular weight excluding hydrogens is 447 g/mol. The Hall–Kier alpha value is -2.29. The van der Waals surface area contributed by atoms with E-state index >= 15 is 0 Å². The van der Waals surface area contributed by atoms with Gasteiger partial charge in [0.25, 0.3) is 11.8 Å². The minimum absolute atomic E-state index is 0.0563. The van der Waals surface area contributed by atoms with E-state index in [9.17, 15) is 19.1 Å². The monoisotopic (exact) mass is 454 g/mol. The van der Waals surface area contributed by atoms with Gasteiger partial charge in [-0.1, -0.05) is 11.6 Å². The summed E-state index contributed by atoms with van der Waals surface area (Å²) >= 11 is 14.1. The molecule has 1 aliphatic rings. The summed E-state index contributed by atoms with van der Waals surface area (Å²) in [6.45, 7) is 0. The van der Waals surface area contributed by atoms with E-state index in [-0.39, 0.29) is 21.5 Å². The minimum Gasteiger partial charge on any atom is -0.505 e. The lowest BCUT2D eigenvalue weighted by Crippen LogP contribution is -2.54. The van der Waals surface area contributed by atoms with E-state index in [4.69, 9.17) is 23.8 Å². The van der Waals surface area contributed by atoms with Crippen LogP contribution in [0, 0.1) is 5.82 Å². The van der Waals surface area contributed by atoms with Crippen LogP contribution in [0.15, 0.2) is 46.4 Å². The molecule has 0 atom stereocenters. The highest BCUT2D eigenvalue weighted by atomic mass is 79.9. The number of amides is 2. The van der Waals surface area contributed by atoms with E-state index < -0.39 is 17.6 Å². The fourth-order valence-electron chi connectivity index (χ4n) is 2.32. The lowest BCUT2D eigenvalue weighted by molar-refractivity contribution is -0.122. The summed E-state index contributed by atoms with van der Waals surface area (Å²) in [6, 6.07) is 8.03. The molecule has 2 N–H and O–H groups in total. The van der Waals surface area contributed by atoms with Crippen LogP contribution in [0.3, 0.4) is 0 Å². The number of hydrogen-bond donors (Lipinski definition) is 2. The molecule has 0 aromatic heterocycles. The molecule has 2 amide bonds. The van der Waals surface area contributed by atoms with E-state index in [0.29, 0.717) is 15.7 Å². The van der Waals surface area contributed by atoms with Gasteiger partial charge in [-0.15, -0.1) is 0 Å². The van der Waals surface area contributed by atoms with Crippen LogP contribution in [0.1, 0.15) is 5.56 Å². The summed E-state index contributed by atoms with van der Waals surface area (Å²) in [4.78, 5) is 26.1. The van der Waals surface area contributed by atoms with Gasteiger partial charge in [0.2, 0.25) is 0 Å². The molecule has 0 bridgehead atoms. The number of benzene rings is 2. The fourth-order valence-corrected chi connectivity index (χ4v) is 3.42. The molecule has 5 nitrogen and oxygen atoms in total. The van der Waals surface area contributed by atoms with Crippen molar-refractivity contribution in [1.29, 1.82) is 0 Å². The van der Waals surface area contributed by atoms with Crippen molar-refractivity contribution in [2.45, 2.75) is 0 Å². The SMILES string of the molecule is O=C1NC(=S)N(c2ccc(F)cc2)C(=O)/C1=C/c1cc(Cl)c(O)c(Br)c1. The van der Waals surface area contributed by atoms with Crippen LogP contribution in [0.2, 0.25) is 5.02 Å². The Morgan fingerprint density at radius 1 is 1.23 bits per heavy atom. The van der Waals surface area contributed by atoms with Crippen LogP contribution in [0.4, 0.5) is 10.1 Å². The Labute approximate surface area is 166 Å². The maximum atomic E-state index is 13.1. The van der Waals surface area contributed by atoms with Crippen molar-refractivity contribution in [3.63, 3.8) is 0 Å². The molecule has 3 rings (SSSR count). The molecule has 2 aromatic carbocycles. The average molecular weight is 456 g/mol. The highest BCUT2D eigenvalue weighted by molar-refractivity contribution is 9.10. The second kappa shape index (κ2) is 7.14. The molecule has 0 spiro atoms. The minimum atomic E-state index is -0.668. The van der Waals surface area contributed by atoms with Crippen molar-refractivity contribution >= 4 is 68.4 Å². The molecule has 1 saturated heterocycles. The second-order valence-corrected chi connectivity index (χ2v) is 6.92.